The summed E-state index contributed by atoms with van der Waals surface area (Å²) in [7, 11) is 1.72. The summed E-state index contributed by atoms with van der Waals surface area (Å²) >= 11 is 0. The average Bonchev–Trinajstić information content (AvgIpc) is 2.45. The summed E-state index contributed by atoms with van der Waals surface area (Å²) in [6, 6.07) is 1.45. The van der Waals surface area contributed by atoms with E-state index in [1.807, 2.05) is 6.92 Å². The van der Waals surface area contributed by atoms with Crippen molar-refractivity contribution in [1.29, 1.82) is 0 Å². The molecule has 4 nitrogen and oxygen atoms in total. The molecule has 0 radical (unpaired) electrons. The first-order valence-electron chi connectivity index (χ1n) is 4.32. The number of carbonyl (C=O) groups is 1. The quantitative estimate of drug-likeness (QED) is 0.691. The monoisotopic (exact) mass is 191 g/mol. The lowest BCUT2D eigenvalue weighted by Crippen LogP contribution is -2.32. The maximum Gasteiger partial charge on any atom is 0.270 e. The van der Waals surface area contributed by atoms with Gasteiger partial charge in [-0.15, -0.1) is 6.42 Å². The molecule has 1 N–H and O–H groups in total. The summed E-state index contributed by atoms with van der Waals surface area (Å²) in [4.78, 5) is 11.6. The van der Waals surface area contributed by atoms with Gasteiger partial charge in [0.15, 0.2) is 0 Å². The van der Waals surface area contributed by atoms with Crippen molar-refractivity contribution < 1.29 is 4.79 Å². The van der Waals surface area contributed by atoms with Crippen molar-refractivity contribution in [2.45, 2.75) is 19.9 Å². The minimum absolute atomic E-state index is 0.196. The molecule has 1 atom stereocenters. The molecular formula is C10H13N3O. The van der Waals surface area contributed by atoms with Crippen molar-refractivity contribution in [2.75, 3.05) is 0 Å². The Kier molecular flexibility index (Phi) is 2.92. The van der Waals surface area contributed by atoms with Crippen LogP contribution in [0.2, 0.25) is 0 Å². The van der Waals surface area contributed by atoms with Crippen LogP contribution in [0.4, 0.5) is 0 Å². The largest absolute Gasteiger partial charge is 0.337 e. The Balaban J connectivity index is 2.80. The summed E-state index contributed by atoms with van der Waals surface area (Å²) in [5.74, 6) is 2.23. The summed E-state index contributed by atoms with van der Waals surface area (Å²) < 4.78 is 1.54. The summed E-state index contributed by atoms with van der Waals surface area (Å²) in [6.07, 6.45) is 5.15. The molecule has 1 aromatic heterocycles. The molecule has 1 unspecified atom stereocenters. The van der Waals surface area contributed by atoms with Crippen molar-refractivity contribution in [3.63, 3.8) is 0 Å². The number of nitrogens with zero attached hydrogens (tertiary/aromatic N) is 2. The van der Waals surface area contributed by atoms with Crippen molar-refractivity contribution in [3.8, 4) is 12.3 Å². The molecule has 1 amide bonds. The second-order valence-electron chi connectivity index (χ2n) is 3.16. The standard InChI is InChI=1S/C10H13N3O/c1-5-7(2)11-10(14)9-6-8(3)12-13(9)4/h1,6-7H,2-4H3,(H,11,14). The fourth-order valence-corrected chi connectivity index (χ4v) is 1.14. The van der Waals surface area contributed by atoms with Gasteiger partial charge in [0.1, 0.15) is 5.69 Å². The lowest BCUT2D eigenvalue weighted by molar-refractivity contribution is 0.0938. The van der Waals surface area contributed by atoms with Crippen LogP contribution in [0.1, 0.15) is 23.1 Å². The van der Waals surface area contributed by atoms with Gasteiger partial charge in [-0.05, 0) is 19.9 Å². The Hall–Kier alpha value is -1.76. The van der Waals surface area contributed by atoms with Gasteiger partial charge in [-0.2, -0.15) is 5.10 Å². The van der Waals surface area contributed by atoms with Gasteiger partial charge in [0.05, 0.1) is 11.7 Å². The Morgan fingerprint density at radius 1 is 1.79 bits per heavy atom. The molecular weight excluding hydrogens is 178 g/mol. The number of rotatable bonds is 2. The maximum absolute atomic E-state index is 11.6. The highest BCUT2D eigenvalue weighted by molar-refractivity contribution is 5.93. The number of aryl methyl sites for hydroxylation is 2. The van der Waals surface area contributed by atoms with Crippen LogP contribution in [0.25, 0.3) is 0 Å². The highest BCUT2D eigenvalue weighted by Crippen LogP contribution is 2.01. The molecule has 0 saturated heterocycles. The fourth-order valence-electron chi connectivity index (χ4n) is 1.14. The van der Waals surface area contributed by atoms with Crippen LogP contribution in [0.15, 0.2) is 6.07 Å². The number of carbonyl (C=O) groups excluding carboxylic acids is 1. The van der Waals surface area contributed by atoms with Crippen molar-refractivity contribution >= 4 is 5.91 Å². The third-order valence-electron chi connectivity index (χ3n) is 1.83. The number of aromatic nitrogens is 2. The van der Waals surface area contributed by atoms with Crippen molar-refractivity contribution in [3.05, 3.63) is 17.5 Å². The first-order chi connectivity index (χ1) is 6.54. The van der Waals surface area contributed by atoms with Crippen LogP contribution >= 0.6 is 0 Å². The smallest absolute Gasteiger partial charge is 0.270 e. The third kappa shape index (κ3) is 2.13. The van der Waals surface area contributed by atoms with Gasteiger partial charge in [-0.25, -0.2) is 0 Å². The van der Waals surface area contributed by atoms with E-state index in [0.29, 0.717) is 5.69 Å². The molecule has 74 valence electrons. The lowest BCUT2D eigenvalue weighted by Gasteiger charge is -2.06. The highest BCUT2D eigenvalue weighted by Gasteiger charge is 2.12. The zero-order valence-corrected chi connectivity index (χ0v) is 8.53. The number of terminal acetylenes is 1. The third-order valence-corrected chi connectivity index (χ3v) is 1.83. The van der Waals surface area contributed by atoms with Gasteiger partial charge < -0.3 is 5.32 Å². The first kappa shape index (κ1) is 10.3. The van der Waals surface area contributed by atoms with Crippen LogP contribution < -0.4 is 5.32 Å². The van der Waals surface area contributed by atoms with Gasteiger partial charge >= 0.3 is 0 Å². The SMILES string of the molecule is C#CC(C)NC(=O)c1cc(C)nn1C. The van der Waals surface area contributed by atoms with Crippen LogP contribution in [0.3, 0.4) is 0 Å². The van der Waals surface area contributed by atoms with E-state index in [1.54, 1.807) is 20.0 Å². The molecule has 14 heavy (non-hydrogen) atoms. The van der Waals surface area contributed by atoms with Crippen LogP contribution in [0, 0.1) is 19.3 Å². The molecule has 0 aliphatic carbocycles. The topological polar surface area (TPSA) is 46.9 Å². The summed E-state index contributed by atoms with van der Waals surface area (Å²) in [6.45, 7) is 3.59. The van der Waals surface area contributed by atoms with Gasteiger partial charge in [0.25, 0.3) is 5.91 Å². The number of amides is 1. The Bertz CT molecular complexity index is 387. The van der Waals surface area contributed by atoms with Gasteiger partial charge in [-0.1, -0.05) is 5.92 Å². The predicted molar refractivity (Wildman–Crippen MR) is 53.7 cm³/mol. The van der Waals surface area contributed by atoms with Gasteiger partial charge in [-0.3, -0.25) is 9.48 Å². The molecule has 1 heterocycles. The minimum Gasteiger partial charge on any atom is -0.337 e. The van der Waals surface area contributed by atoms with E-state index < -0.39 is 0 Å². The molecule has 0 bridgehead atoms. The fraction of sp³-hybridized carbons (Fsp3) is 0.400. The second kappa shape index (κ2) is 3.97. The average molecular weight is 191 g/mol. The van der Waals surface area contributed by atoms with E-state index in [-0.39, 0.29) is 11.9 Å². The molecule has 0 aromatic carbocycles. The lowest BCUT2D eigenvalue weighted by atomic mass is 10.3. The Labute approximate surface area is 83.3 Å². The van der Waals surface area contributed by atoms with E-state index in [0.717, 1.165) is 5.69 Å². The summed E-state index contributed by atoms with van der Waals surface area (Å²) in [5.41, 5.74) is 1.33. The molecule has 1 aromatic rings. The zero-order chi connectivity index (χ0) is 10.7. The van der Waals surface area contributed by atoms with Crippen LogP contribution in [-0.2, 0) is 7.05 Å². The highest BCUT2D eigenvalue weighted by atomic mass is 16.2. The molecule has 0 spiro atoms. The molecule has 4 heteroatoms. The zero-order valence-electron chi connectivity index (χ0n) is 8.53. The van der Waals surface area contributed by atoms with E-state index in [4.69, 9.17) is 6.42 Å². The Morgan fingerprint density at radius 2 is 2.43 bits per heavy atom. The minimum atomic E-state index is -0.266. The first-order valence-corrected chi connectivity index (χ1v) is 4.32. The van der Waals surface area contributed by atoms with Crippen molar-refractivity contribution in [2.24, 2.45) is 7.05 Å². The number of hydrogen-bond donors (Lipinski definition) is 1. The van der Waals surface area contributed by atoms with Gasteiger partial charge in [0, 0.05) is 7.05 Å². The van der Waals surface area contributed by atoms with Gasteiger partial charge in [0.2, 0.25) is 0 Å². The summed E-state index contributed by atoms with van der Waals surface area (Å²) in [5, 5.41) is 6.73. The van der Waals surface area contributed by atoms with E-state index in [1.165, 1.54) is 4.68 Å². The predicted octanol–water partition coefficient (Wildman–Crippen LogP) is 0.480. The van der Waals surface area contributed by atoms with E-state index in [2.05, 4.69) is 16.3 Å². The molecule has 0 aliphatic rings. The van der Waals surface area contributed by atoms with Crippen molar-refractivity contribution in [1.82, 2.24) is 15.1 Å². The number of nitrogens with one attached hydrogen (secondary N) is 1. The van der Waals surface area contributed by atoms with Crippen LogP contribution in [-0.4, -0.2) is 21.7 Å². The second-order valence-corrected chi connectivity index (χ2v) is 3.16. The molecule has 1 rings (SSSR count). The molecule has 0 fully saturated rings. The number of hydrogen-bond acceptors (Lipinski definition) is 2. The molecule has 0 aliphatic heterocycles. The molecule has 0 saturated carbocycles. The Morgan fingerprint density at radius 3 is 2.86 bits per heavy atom. The van der Waals surface area contributed by atoms with E-state index >= 15 is 0 Å². The maximum atomic E-state index is 11.6. The normalized spacial score (nSPS) is 11.9. The van der Waals surface area contributed by atoms with E-state index in [9.17, 15) is 4.79 Å². The van der Waals surface area contributed by atoms with Crippen LogP contribution in [0.5, 0.6) is 0 Å².